The highest BCUT2D eigenvalue weighted by Crippen LogP contribution is 2.40. The van der Waals surface area contributed by atoms with Crippen molar-refractivity contribution in [3.63, 3.8) is 0 Å². The molecule has 1 aliphatic heterocycles. The van der Waals surface area contributed by atoms with E-state index in [0.717, 1.165) is 30.1 Å². The van der Waals surface area contributed by atoms with Crippen molar-refractivity contribution in [2.24, 2.45) is 5.41 Å². The summed E-state index contributed by atoms with van der Waals surface area (Å²) in [5, 5.41) is 2.48. The third kappa shape index (κ3) is 18.5. The van der Waals surface area contributed by atoms with Crippen molar-refractivity contribution in [2.75, 3.05) is 19.8 Å². The Hall–Kier alpha value is -2.60. The van der Waals surface area contributed by atoms with Gasteiger partial charge in [-0.3, -0.25) is 4.79 Å². The summed E-state index contributed by atoms with van der Waals surface area (Å²) in [4.78, 5) is 14.7. The lowest BCUT2D eigenvalue weighted by Gasteiger charge is -2.45. The number of carbonyl (C=O) groups is 1. The van der Waals surface area contributed by atoms with Gasteiger partial charge in [0.2, 0.25) is 0 Å². The fraction of sp³-hybridized carbons (Fsp3) is 0.623. The molecule has 408 valence electrons. The van der Waals surface area contributed by atoms with Crippen LogP contribution >= 0.6 is 0 Å². The normalized spacial score (nSPS) is 18.5. The average Bonchev–Trinajstić information content (AvgIpc) is 3.31. The zero-order valence-electron chi connectivity index (χ0n) is 49.0. The van der Waals surface area contributed by atoms with E-state index in [9.17, 15) is 4.79 Å². The van der Waals surface area contributed by atoms with Gasteiger partial charge in [-0.05, 0) is 116 Å². The van der Waals surface area contributed by atoms with Crippen LogP contribution in [0, 0.1) is 5.41 Å². The summed E-state index contributed by atoms with van der Waals surface area (Å²) in [6, 6.07) is 35.1. The first-order valence-electron chi connectivity index (χ1n) is 27.6. The third-order valence-corrected chi connectivity index (χ3v) is 30.8. The summed E-state index contributed by atoms with van der Waals surface area (Å²) in [7, 11) is -8.50. The number of hydrogen-bond donors (Lipinski definition) is 0. The van der Waals surface area contributed by atoms with Gasteiger partial charge in [-0.2, -0.15) is 0 Å². The minimum atomic E-state index is -2.73. The summed E-state index contributed by atoms with van der Waals surface area (Å²) >= 11 is 0. The highest BCUT2D eigenvalue weighted by molar-refractivity contribution is 6.99. The molecular formula is C61H100O8Si4. The molecule has 0 bridgehead atoms. The molecule has 3 aromatic carbocycles. The fourth-order valence-electron chi connectivity index (χ4n) is 10.0. The van der Waals surface area contributed by atoms with Gasteiger partial charge in [-0.1, -0.05) is 185 Å². The van der Waals surface area contributed by atoms with Gasteiger partial charge in [0, 0.05) is 19.4 Å². The van der Waals surface area contributed by atoms with Gasteiger partial charge in [-0.25, -0.2) is 0 Å². The van der Waals surface area contributed by atoms with Gasteiger partial charge < -0.3 is 31.9 Å². The van der Waals surface area contributed by atoms with E-state index in [1.165, 1.54) is 15.9 Å². The average molecular weight is 1070 g/mol. The van der Waals surface area contributed by atoms with E-state index >= 15 is 0 Å². The molecule has 0 unspecified atom stereocenters. The van der Waals surface area contributed by atoms with Crippen LogP contribution in [0.1, 0.15) is 128 Å². The Bertz CT molecular complexity index is 2100. The number of hydrogen-bond acceptors (Lipinski definition) is 8. The molecule has 12 heteroatoms. The molecule has 4 rings (SSSR count). The molecule has 0 N–H and O–H groups in total. The van der Waals surface area contributed by atoms with E-state index in [4.69, 9.17) is 31.9 Å². The van der Waals surface area contributed by atoms with Crippen LogP contribution in [0.2, 0.25) is 60.9 Å². The molecule has 0 aliphatic carbocycles. The highest BCUT2D eigenvalue weighted by atomic mass is 28.4. The lowest BCUT2D eigenvalue weighted by molar-refractivity contribution is -0.305. The Morgan fingerprint density at radius 3 is 1.77 bits per heavy atom. The number of ether oxygens (including phenoxy) is 3. The Morgan fingerprint density at radius 2 is 1.26 bits per heavy atom. The lowest BCUT2D eigenvalue weighted by atomic mass is 9.78. The number of ketones is 1. The number of carbonyl (C=O) groups excluding carboxylic acids is 1. The number of rotatable bonds is 29. The number of benzene rings is 3. The highest BCUT2D eigenvalue weighted by Gasteiger charge is 2.50. The van der Waals surface area contributed by atoms with Crippen LogP contribution in [0.5, 0.6) is 0 Å². The SMILES string of the molecule is CC[Si](CC)(CC)OC[C@@H](C/C(=C\CO[Si](C)(C)C(C)(C)C)C/C=C/C(=O)C(C)(C)[C@H](C[C@H]1C[C@H](CCO[Si](c2ccccc2)(c2ccccc2)C(C)(C)C)OC(C)(C)O1)OCc1ccccc1)O[Si](C)(C)C. The van der Waals surface area contributed by atoms with Gasteiger partial charge in [0.25, 0.3) is 8.32 Å². The summed E-state index contributed by atoms with van der Waals surface area (Å²) < 4.78 is 48.1. The molecule has 8 nitrogen and oxygen atoms in total. The predicted molar refractivity (Wildman–Crippen MR) is 316 cm³/mol. The second-order valence-corrected chi connectivity index (χ2v) is 43.5. The second-order valence-electron chi connectivity index (χ2n) is 25.2. The smallest absolute Gasteiger partial charge is 0.261 e. The summed E-state index contributed by atoms with van der Waals surface area (Å²) in [6.07, 6.45) is 8.45. The summed E-state index contributed by atoms with van der Waals surface area (Å²) in [6.45, 7) is 42.0. The molecule has 0 aromatic heterocycles. The zero-order valence-corrected chi connectivity index (χ0v) is 53.0. The quantitative estimate of drug-likeness (QED) is 0.0386. The van der Waals surface area contributed by atoms with Gasteiger partial charge in [-0.15, -0.1) is 0 Å². The van der Waals surface area contributed by atoms with Crippen molar-refractivity contribution >= 4 is 49.4 Å². The van der Waals surface area contributed by atoms with E-state index < -0.39 is 50.6 Å². The third-order valence-electron chi connectivity index (χ3n) is 15.6. The van der Waals surface area contributed by atoms with Crippen molar-refractivity contribution in [1.82, 2.24) is 0 Å². The fourth-order valence-corrected chi connectivity index (χ4v) is 19.3. The predicted octanol–water partition coefficient (Wildman–Crippen LogP) is 15.0. The largest absolute Gasteiger partial charge is 0.414 e. The van der Waals surface area contributed by atoms with E-state index in [-0.39, 0.29) is 34.2 Å². The van der Waals surface area contributed by atoms with Gasteiger partial charge in [0.05, 0.1) is 49.7 Å². The molecule has 0 spiro atoms. The summed E-state index contributed by atoms with van der Waals surface area (Å²) in [5.41, 5.74) is 1.38. The van der Waals surface area contributed by atoms with Crippen LogP contribution in [-0.2, 0) is 43.3 Å². The minimum Gasteiger partial charge on any atom is -0.414 e. The van der Waals surface area contributed by atoms with E-state index in [1.54, 1.807) is 6.08 Å². The standard InChI is InChI=1S/C61H100O8Si4/c1-19-72(20-2,21-3)66-48-53(69-70(14,15)16)44-49(40-42-64-71(17,18)58(4,5)6)34-31-39-56(62)60(10,11)57(63-47-50-32-25-22-26-33-50)46-52-45-51(67-61(12,13)68-52)41-43-65-73(59(7,8)9,54-35-27-23-28-36-54)55-37-29-24-30-38-55/h22-33,35-40,51-53,57H,19-21,34,41-48H2,1-18H3/b39-31+,49-40-/t51-,52+,53+,57-/m0/s1. The minimum absolute atomic E-state index is 0.0202. The van der Waals surface area contributed by atoms with E-state index in [2.05, 4.69) is 174 Å². The molecular weight excluding hydrogens is 973 g/mol. The Labute approximate surface area is 449 Å². The van der Waals surface area contributed by atoms with Crippen molar-refractivity contribution in [1.29, 1.82) is 0 Å². The Morgan fingerprint density at radius 1 is 0.726 bits per heavy atom. The van der Waals surface area contributed by atoms with Crippen LogP contribution in [0.4, 0.5) is 0 Å². The molecule has 0 amide bonds. The molecule has 1 heterocycles. The molecule has 1 aliphatic rings. The summed E-state index contributed by atoms with van der Waals surface area (Å²) in [5.74, 6) is -0.818. The maximum absolute atomic E-state index is 14.7. The monoisotopic (exact) mass is 1070 g/mol. The molecule has 4 atom stereocenters. The molecule has 73 heavy (non-hydrogen) atoms. The lowest BCUT2D eigenvalue weighted by Crippen LogP contribution is -2.66. The second kappa shape index (κ2) is 27.1. The first kappa shape index (κ1) is 62.9. The molecule has 1 fully saturated rings. The van der Waals surface area contributed by atoms with Crippen molar-refractivity contribution in [2.45, 2.75) is 220 Å². The maximum Gasteiger partial charge on any atom is 0.261 e. The van der Waals surface area contributed by atoms with Crippen molar-refractivity contribution in [3.8, 4) is 0 Å². The van der Waals surface area contributed by atoms with Crippen LogP contribution in [0.25, 0.3) is 0 Å². The van der Waals surface area contributed by atoms with Crippen molar-refractivity contribution in [3.05, 3.63) is 120 Å². The first-order valence-corrected chi connectivity index (χ1v) is 38.4. The van der Waals surface area contributed by atoms with Gasteiger partial charge in [0.1, 0.15) is 0 Å². The Kier molecular flexibility index (Phi) is 23.4. The van der Waals surface area contributed by atoms with Gasteiger partial charge >= 0.3 is 0 Å². The topological polar surface area (TPSA) is 81.7 Å². The Balaban J connectivity index is 1.60. The van der Waals surface area contributed by atoms with Crippen molar-refractivity contribution < 1.29 is 36.7 Å². The van der Waals surface area contributed by atoms with E-state index in [1.807, 2.05) is 52.0 Å². The van der Waals surface area contributed by atoms with Crippen LogP contribution in [0.15, 0.2) is 115 Å². The van der Waals surface area contributed by atoms with Crippen LogP contribution < -0.4 is 10.4 Å². The molecule has 3 aromatic rings. The molecule has 1 saturated heterocycles. The van der Waals surface area contributed by atoms with E-state index in [0.29, 0.717) is 52.1 Å². The van der Waals surface area contributed by atoms with Gasteiger partial charge in [0.15, 0.2) is 36.5 Å². The van der Waals surface area contributed by atoms with Crippen LogP contribution in [-0.4, -0.2) is 89.1 Å². The molecule has 0 saturated carbocycles. The molecule has 0 radical (unpaired) electrons. The first-order chi connectivity index (χ1) is 34.0. The zero-order chi connectivity index (χ0) is 54.4. The maximum atomic E-state index is 14.7. The number of allylic oxidation sites excluding steroid dienone is 2. The van der Waals surface area contributed by atoms with Crippen LogP contribution in [0.3, 0.4) is 0 Å².